The molecule has 0 bridgehead atoms. The molecule has 1 aliphatic rings. The molecule has 0 aromatic heterocycles. The van der Waals surface area contributed by atoms with Gasteiger partial charge in [-0.15, -0.1) is 0 Å². The van der Waals surface area contributed by atoms with E-state index >= 15 is 0 Å². The molecule has 4 atom stereocenters. The van der Waals surface area contributed by atoms with E-state index in [1.54, 1.807) is 0 Å². The summed E-state index contributed by atoms with van der Waals surface area (Å²) in [5, 5.41) is 14.4. The third-order valence-electron chi connectivity index (χ3n) is 4.54. The number of likely N-dealkylation sites (tertiary alicyclic amines) is 1. The SMILES string of the molecule is CC(N)C(=O)NC(CCCCN)C(=O)NC(C)C(=O)N1CCCC1C(=O)O. The van der Waals surface area contributed by atoms with E-state index in [2.05, 4.69) is 10.6 Å². The average Bonchev–Trinajstić information content (AvgIpc) is 3.09. The molecule has 4 unspecified atom stereocenters. The second-order valence-corrected chi connectivity index (χ2v) is 6.89. The number of carboxylic acid groups (broad SMARTS) is 1. The van der Waals surface area contributed by atoms with E-state index in [1.165, 1.54) is 18.7 Å². The lowest BCUT2D eigenvalue weighted by Gasteiger charge is -2.27. The van der Waals surface area contributed by atoms with Crippen molar-refractivity contribution in [3.8, 4) is 0 Å². The number of nitrogens with zero attached hydrogens (tertiary/aromatic N) is 1. The number of nitrogens with two attached hydrogens (primary N) is 2. The molecule has 10 heteroatoms. The standard InChI is InChI=1S/C17H31N5O5/c1-10(19)14(23)21-12(6-3-4-8-18)15(24)20-11(2)16(25)22-9-5-7-13(22)17(26)27/h10-13H,3-9,18-19H2,1-2H3,(H,20,24)(H,21,23)(H,26,27). The van der Waals surface area contributed by atoms with Gasteiger partial charge in [-0.3, -0.25) is 14.4 Å². The molecule has 1 heterocycles. The Labute approximate surface area is 159 Å². The summed E-state index contributed by atoms with van der Waals surface area (Å²) in [6.45, 7) is 3.82. The molecule has 7 N–H and O–H groups in total. The van der Waals surface area contributed by atoms with Crippen LogP contribution < -0.4 is 22.1 Å². The van der Waals surface area contributed by atoms with Gasteiger partial charge in [0.15, 0.2) is 0 Å². The Hall–Kier alpha value is -2.20. The number of carboxylic acids is 1. The monoisotopic (exact) mass is 385 g/mol. The van der Waals surface area contributed by atoms with Crippen LogP contribution in [0.15, 0.2) is 0 Å². The van der Waals surface area contributed by atoms with Crippen LogP contribution in [0.1, 0.15) is 46.0 Å². The van der Waals surface area contributed by atoms with Gasteiger partial charge >= 0.3 is 5.97 Å². The van der Waals surface area contributed by atoms with Gasteiger partial charge in [0.05, 0.1) is 6.04 Å². The lowest BCUT2D eigenvalue weighted by atomic mass is 10.1. The van der Waals surface area contributed by atoms with Gasteiger partial charge in [0.2, 0.25) is 17.7 Å². The maximum atomic E-state index is 12.6. The van der Waals surface area contributed by atoms with Crippen LogP contribution in [0.25, 0.3) is 0 Å². The number of aliphatic carboxylic acids is 1. The first-order valence-electron chi connectivity index (χ1n) is 9.28. The number of carbonyl (C=O) groups is 4. The first-order valence-corrected chi connectivity index (χ1v) is 9.28. The summed E-state index contributed by atoms with van der Waals surface area (Å²) in [5.74, 6) is -2.48. The van der Waals surface area contributed by atoms with Gasteiger partial charge in [-0.05, 0) is 52.5 Å². The molecular weight excluding hydrogens is 354 g/mol. The first kappa shape index (κ1) is 22.8. The van der Waals surface area contributed by atoms with Crippen LogP contribution in [0.4, 0.5) is 0 Å². The molecule has 0 aromatic carbocycles. The molecule has 0 aromatic rings. The highest BCUT2D eigenvalue weighted by Gasteiger charge is 2.36. The highest BCUT2D eigenvalue weighted by Crippen LogP contribution is 2.18. The van der Waals surface area contributed by atoms with Crippen molar-refractivity contribution in [3.63, 3.8) is 0 Å². The van der Waals surface area contributed by atoms with Crippen LogP contribution in [0.2, 0.25) is 0 Å². The second kappa shape index (κ2) is 10.8. The van der Waals surface area contributed by atoms with Gasteiger partial charge in [0, 0.05) is 6.54 Å². The maximum absolute atomic E-state index is 12.6. The van der Waals surface area contributed by atoms with Gasteiger partial charge in [-0.2, -0.15) is 0 Å². The number of amides is 3. The molecule has 0 spiro atoms. The number of hydrogen-bond donors (Lipinski definition) is 5. The predicted octanol–water partition coefficient (Wildman–Crippen LogP) is -1.47. The normalized spacial score (nSPS) is 19.9. The quantitative estimate of drug-likeness (QED) is 0.286. The van der Waals surface area contributed by atoms with Crippen molar-refractivity contribution < 1.29 is 24.3 Å². The molecule has 0 saturated carbocycles. The summed E-state index contributed by atoms with van der Waals surface area (Å²) in [4.78, 5) is 49.5. The number of nitrogens with one attached hydrogen (secondary N) is 2. The van der Waals surface area contributed by atoms with Crippen LogP contribution in [-0.4, -0.2) is 71.0 Å². The summed E-state index contributed by atoms with van der Waals surface area (Å²) in [7, 11) is 0. The maximum Gasteiger partial charge on any atom is 0.326 e. The van der Waals surface area contributed by atoms with E-state index in [0.717, 1.165) is 0 Å². The van der Waals surface area contributed by atoms with E-state index in [9.17, 15) is 24.3 Å². The van der Waals surface area contributed by atoms with Crippen LogP contribution >= 0.6 is 0 Å². The van der Waals surface area contributed by atoms with Crippen molar-refractivity contribution in [1.82, 2.24) is 15.5 Å². The molecule has 0 aliphatic carbocycles. The first-order chi connectivity index (χ1) is 12.7. The zero-order valence-electron chi connectivity index (χ0n) is 15.9. The van der Waals surface area contributed by atoms with E-state index in [0.29, 0.717) is 45.2 Å². The highest BCUT2D eigenvalue weighted by molar-refractivity contribution is 5.94. The molecule has 10 nitrogen and oxygen atoms in total. The Balaban J connectivity index is 2.72. The van der Waals surface area contributed by atoms with Gasteiger partial charge in [0.1, 0.15) is 18.1 Å². The minimum Gasteiger partial charge on any atom is -0.480 e. The molecule has 154 valence electrons. The molecule has 1 saturated heterocycles. The van der Waals surface area contributed by atoms with Crippen LogP contribution in [0.5, 0.6) is 0 Å². The molecule has 3 amide bonds. The van der Waals surface area contributed by atoms with Gasteiger partial charge < -0.3 is 32.1 Å². The fourth-order valence-corrected chi connectivity index (χ4v) is 2.98. The predicted molar refractivity (Wildman–Crippen MR) is 98.5 cm³/mol. The van der Waals surface area contributed by atoms with Gasteiger partial charge in [-0.25, -0.2) is 4.79 Å². The largest absolute Gasteiger partial charge is 0.480 e. The topological polar surface area (TPSA) is 168 Å². The summed E-state index contributed by atoms with van der Waals surface area (Å²) in [5.41, 5.74) is 11.0. The van der Waals surface area contributed by atoms with E-state index in [-0.39, 0.29) is 0 Å². The number of hydrogen-bond acceptors (Lipinski definition) is 6. The Morgan fingerprint density at radius 2 is 1.81 bits per heavy atom. The van der Waals surface area contributed by atoms with E-state index in [4.69, 9.17) is 11.5 Å². The zero-order valence-corrected chi connectivity index (χ0v) is 15.9. The summed E-state index contributed by atoms with van der Waals surface area (Å²) in [6.07, 6.45) is 2.69. The lowest BCUT2D eigenvalue weighted by molar-refractivity contribution is -0.149. The van der Waals surface area contributed by atoms with Crippen molar-refractivity contribution in [1.29, 1.82) is 0 Å². The third kappa shape index (κ3) is 6.79. The van der Waals surface area contributed by atoms with Gasteiger partial charge in [0.25, 0.3) is 0 Å². The Morgan fingerprint density at radius 1 is 1.15 bits per heavy atom. The van der Waals surface area contributed by atoms with Crippen LogP contribution in [-0.2, 0) is 19.2 Å². The number of carbonyl (C=O) groups excluding carboxylic acids is 3. The summed E-state index contributed by atoms with van der Waals surface area (Å²) in [6, 6.07) is -3.37. The average molecular weight is 385 g/mol. The molecule has 1 rings (SSSR count). The molecule has 1 fully saturated rings. The molecular formula is C17H31N5O5. The zero-order chi connectivity index (χ0) is 20.6. The third-order valence-corrected chi connectivity index (χ3v) is 4.54. The van der Waals surface area contributed by atoms with Crippen LogP contribution in [0.3, 0.4) is 0 Å². The highest BCUT2D eigenvalue weighted by atomic mass is 16.4. The van der Waals surface area contributed by atoms with Crippen molar-refractivity contribution in [3.05, 3.63) is 0 Å². The molecule has 1 aliphatic heterocycles. The second-order valence-electron chi connectivity index (χ2n) is 6.89. The fourth-order valence-electron chi connectivity index (χ4n) is 2.98. The summed E-state index contributed by atoms with van der Waals surface area (Å²) < 4.78 is 0. The lowest BCUT2D eigenvalue weighted by Crippen LogP contribution is -2.56. The Kier molecular flexibility index (Phi) is 9.16. The number of unbranched alkanes of at least 4 members (excludes halogenated alkanes) is 1. The van der Waals surface area contributed by atoms with Crippen molar-refractivity contribution in [2.75, 3.05) is 13.1 Å². The Bertz CT molecular complexity index is 554. The van der Waals surface area contributed by atoms with E-state index in [1.807, 2.05) is 0 Å². The minimum absolute atomic E-state index is 0.345. The summed E-state index contributed by atoms with van der Waals surface area (Å²) >= 11 is 0. The van der Waals surface area contributed by atoms with E-state index < -0.39 is 47.9 Å². The van der Waals surface area contributed by atoms with Crippen molar-refractivity contribution in [2.45, 2.75) is 70.1 Å². The van der Waals surface area contributed by atoms with Crippen molar-refractivity contribution in [2.24, 2.45) is 11.5 Å². The van der Waals surface area contributed by atoms with Gasteiger partial charge in [-0.1, -0.05) is 0 Å². The number of rotatable bonds is 10. The Morgan fingerprint density at radius 3 is 2.37 bits per heavy atom. The van der Waals surface area contributed by atoms with Crippen molar-refractivity contribution >= 4 is 23.7 Å². The smallest absolute Gasteiger partial charge is 0.326 e. The minimum atomic E-state index is -1.05. The fraction of sp³-hybridized carbons (Fsp3) is 0.765. The van der Waals surface area contributed by atoms with Crippen LogP contribution in [0, 0.1) is 0 Å². The molecule has 0 radical (unpaired) electrons. The molecule has 27 heavy (non-hydrogen) atoms.